The lowest BCUT2D eigenvalue weighted by Gasteiger charge is -2.15. The van der Waals surface area contributed by atoms with Crippen molar-refractivity contribution >= 4 is 32.4 Å². The second-order valence-corrected chi connectivity index (χ2v) is 15.0. The number of aromatic nitrogens is 4. The molecular formula is C57H40N4. The van der Waals surface area contributed by atoms with Crippen LogP contribution in [0.5, 0.6) is 0 Å². The largest absolute Gasteiger partial charge is 0.228 e. The molecule has 0 saturated heterocycles. The minimum Gasteiger partial charge on any atom is -0.228 e. The van der Waals surface area contributed by atoms with Crippen molar-refractivity contribution in [3.63, 3.8) is 0 Å². The van der Waals surface area contributed by atoms with Crippen LogP contribution in [-0.2, 0) is 0 Å². The zero-order chi connectivity index (χ0) is 39.8. The molecule has 0 unspecified atom stereocenters. The van der Waals surface area contributed by atoms with Gasteiger partial charge in [-0.3, -0.25) is 0 Å². The molecule has 0 atom stereocenters. The molecule has 11 aromatic rings. The molecule has 0 aliphatic carbocycles. The summed E-state index contributed by atoms with van der Waals surface area (Å²) in [6, 6.07) is 76.3. The Labute approximate surface area is 355 Å². The summed E-state index contributed by atoms with van der Waals surface area (Å²) in [5, 5.41) is 5.78. The highest BCUT2D eigenvalue weighted by molar-refractivity contribution is 6.15. The van der Waals surface area contributed by atoms with Crippen molar-refractivity contribution in [3.8, 4) is 78.8 Å². The molecule has 11 rings (SSSR count). The third-order valence-corrected chi connectivity index (χ3v) is 11.3. The van der Waals surface area contributed by atoms with Gasteiger partial charge in [0.25, 0.3) is 0 Å². The summed E-state index contributed by atoms with van der Waals surface area (Å²) >= 11 is 0. The van der Waals surface area contributed by atoms with Crippen LogP contribution in [-0.4, -0.2) is 19.9 Å². The molecule has 0 bridgehead atoms. The maximum atomic E-state index is 5.40. The molecule has 288 valence electrons. The van der Waals surface area contributed by atoms with Crippen LogP contribution in [0.3, 0.4) is 0 Å². The summed E-state index contributed by atoms with van der Waals surface area (Å²) in [7, 11) is 0. The summed E-state index contributed by atoms with van der Waals surface area (Å²) in [4.78, 5) is 20.8. The Kier molecular flexibility index (Phi) is 9.72. The number of hydrogen-bond acceptors (Lipinski definition) is 4. The van der Waals surface area contributed by atoms with Crippen LogP contribution >= 0.6 is 0 Å². The van der Waals surface area contributed by atoms with E-state index in [4.69, 9.17) is 19.9 Å². The Hall–Kier alpha value is -8.08. The molecule has 2 heterocycles. The summed E-state index contributed by atoms with van der Waals surface area (Å²) in [5.74, 6) is 1.34. The molecule has 0 aliphatic rings. The van der Waals surface area contributed by atoms with Crippen LogP contribution in [0.15, 0.2) is 218 Å². The number of hydrogen-bond donors (Lipinski definition) is 0. The van der Waals surface area contributed by atoms with Gasteiger partial charge in [-0.05, 0) is 68.1 Å². The van der Waals surface area contributed by atoms with Gasteiger partial charge in [-0.2, -0.15) is 0 Å². The van der Waals surface area contributed by atoms with Gasteiger partial charge in [0.05, 0.1) is 22.6 Å². The zero-order valence-electron chi connectivity index (χ0n) is 32.6. The van der Waals surface area contributed by atoms with Gasteiger partial charge in [-0.15, -0.1) is 0 Å². The Balaban J connectivity index is 0.00000445. The second-order valence-electron chi connectivity index (χ2n) is 15.0. The lowest BCUT2D eigenvalue weighted by atomic mass is 9.93. The first kappa shape index (κ1) is 37.2. The van der Waals surface area contributed by atoms with Gasteiger partial charge >= 0.3 is 0 Å². The van der Waals surface area contributed by atoms with E-state index in [-0.39, 0.29) is 7.43 Å². The van der Waals surface area contributed by atoms with E-state index >= 15 is 0 Å². The number of rotatable bonds is 7. The van der Waals surface area contributed by atoms with E-state index in [0.717, 1.165) is 77.9 Å². The molecule has 0 amide bonds. The highest BCUT2D eigenvalue weighted by atomic mass is 14.9. The monoisotopic (exact) mass is 780 g/mol. The Morgan fingerprint density at radius 1 is 0.262 bits per heavy atom. The molecular weight excluding hydrogens is 741 g/mol. The van der Waals surface area contributed by atoms with Crippen molar-refractivity contribution in [1.82, 2.24) is 19.9 Å². The minimum atomic E-state index is 0. The predicted octanol–water partition coefficient (Wildman–Crippen LogP) is 15.0. The summed E-state index contributed by atoms with van der Waals surface area (Å²) in [6.45, 7) is 0. The van der Waals surface area contributed by atoms with Gasteiger partial charge in [0.2, 0.25) is 0 Å². The van der Waals surface area contributed by atoms with E-state index in [9.17, 15) is 0 Å². The Morgan fingerprint density at radius 2 is 0.705 bits per heavy atom. The highest BCUT2D eigenvalue weighted by Gasteiger charge is 2.18. The molecule has 61 heavy (non-hydrogen) atoms. The van der Waals surface area contributed by atoms with E-state index in [1.807, 2.05) is 30.3 Å². The highest BCUT2D eigenvalue weighted by Crippen LogP contribution is 2.39. The van der Waals surface area contributed by atoms with Crippen molar-refractivity contribution in [1.29, 1.82) is 0 Å². The molecule has 0 fully saturated rings. The van der Waals surface area contributed by atoms with Crippen molar-refractivity contribution in [2.45, 2.75) is 7.43 Å². The Bertz CT molecular complexity index is 3330. The van der Waals surface area contributed by atoms with Crippen LogP contribution in [0.2, 0.25) is 0 Å². The fraction of sp³-hybridized carbons (Fsp3) is 0.0175. The molecule has 0 N–H and O–H groups in total. The Morgan fingerprint density at radius 3 is 1.34 bits per heavy atom. The fourth-order valence-corrected chi connectivity index (χ4v) is 8.24. The average Bonchev–Trinajstić information content (AvgIpc) is 3.34. The third kappa shape index (κ3) is 7.11. The minimum absolute atomic E-state index is 0. The number of fused-ring (bicyclic) bond motifs is 4. The van der Waals surface area contributed by atoms with Gasteiger partial charge in [0.1, 0.15) is 0 Å². The lowest BCUT2D eigenvalue weighted by molar-refractivity contribution is 1.18. The van der Waals surface area contributed by atoms with Crippen molar-refractivity contribution in [3.05, 3.63) is 218 Å². The first-order chi connectivity index (χ1) is 29.7. The molecule has 4 nitrogen and oxygen atoms in total. The van der Waals surface area contributed by atoms with Crippen LogP contribution in [0.25, 0.3) is 111 Å². The smallest absolute Gasteiger partial charge is 0.160 e. The van der Waals surface area contributed by atoms with E-state index in [1.54, 1.807) is 0 Å². The number of nitrogens with zero attached hydrogens (tertiary/aromatic N) is 4. The van der Waals surface area contributed by atoms with E-state index in [1.165, 1.54) is 21.7 Å². The lowest BCUT2D eigenvalue weighted by Crippen LogP contribution is -1.97. The van der Waals surface area contributed by atoms with Crippen molar-refractivity contribution in [2.75, 3.05) is 0 Å². The van der Waals surface area contributed by atoms with Crippen LogP contribution in [0, 0.1) is 0 Å². The van der Waals surface area contributed by atoms with Gasteiger partial charge < -0.3 is 0 Å². The van der Waals surface area contributed by atoms with Gasteiger partial charge in [-0.25, -0.2) is 19.9 Å². The summed E-state index contributed by atoms with van der Waals surface area (Å²) < 4.78 is 0. The van der Waals surface area contributed by atoms with Gasteiger partial charge in [0, 0.05) is 33.2 Å². The third-order valence-electron chi connectivity index (χ3n) is 11.3. The molecule has 0 aliphatic heterocycles. The van der Waals surface area contributed by atoms with Gasteiger partial charge in [-0.1, -0.05) is 202 Å². The van der Waals surface area contributed by atoms with Crippen molar-refractivity contribution < 1.29 is 0 Å². The zero-order valence-corrected chi connectivity index (χ0v) is 32.6. The first-order valence-corrected chi connectivity index (χ1v) is 20.2. The van der Waals surface area contributed by atoms with Crippen LogP contribution in [0.1, 0.15) is 7.43 Å². The first-order valence-electron chi connectivity index (χ1n) is 20.2. The second kappa shape index (κ2) is 15.9. The molecule has 2 aromatic heterocycles. The summed E-state index contributed by atoms with van der Waals surface area (Å²) in [6.07, 6.45) is 0. The SMILES string of the molecule is C.c1ccc(-c2ccc(-c3cc(-c4ccc(-c5nc(-c6cc7ccccc7c7ccccc67)c6ccc(-c7ccccc7)cc6n5)cc4)nc(-c4ccccc4)n3)cc2)cc1. The maximum absolute atomic E-state index is 5.40. The van der Waals surface area contributed by atoms with E-state index in [0.29, 0.717) is 11.6 Å². The molecule has 9 aromatic carbocycles. The molecule has 0 spiro atoms. The van der Waals surface area contributed by atoms with E-state index in [2.05, 4.69) is 188 Å². The quantitative estimate of drug-likeness (QED) is 0.151. The molecule has 0 saturated carbocycles. The molecule has 0 radical (unpaired) electrons. The molecule has 4 heteroatoms. The fourth-order valence-electron chi connectivity index (χ4n) is 8.24. The van der Waals surface area contributed by atoms with Gasteiger partial charge in [0.15, 0.2) is 11.6 Å². The summed E-state index contributed by atoms with van der Waals surface area (Å²) in [5.41, 5.74) is 13.1. The standard InChI is InChI=1S/C56H36N4.CH4/c1-4-14-37(15-5-1)39-24-26-40(27-25-39)51-36-52(58-55(57-51)42-18-8-3-9-19-42)41-28-30-43(31-29-41)56-59-53-35-44(38-16-6-2-7-17-38)32-33-49(53)54(60-56)50-34-45-20-10-11-21-46(45)47-22-12-13-23-48(47)50;/h1-36H;1H4. The predicted molar refractivity (Wildman–Crippen MR) is 255 cm³/mol. The van der Waals surface area contributed by atoms with Crippen molar-refractivity contribution in [2.24, 2.45) is 0 Å². The topological polar surface area (TPSA) is 51.6 Å². The number of benzene rings is 9. The van der Waals surface area contributed by atoms with E-state index < -0.39 is 0 Å². The normalized spacial score (nSPS) is 11.1. The maximum Gasteiger partial charge on any atom is 0.160 e. The average molecular weight is 781 g/mol. The van der Waals surface area contributed by atoms with Crippen LogP contribution in [0.4, 0.5) is 0 Å². The van der Waals surface area contributed by atoms with Crippen LogP contribution < -0.4 is 0 Å².